The van der Waals surface area contributed by atoms with Crippen LogP contribution in [0.3, 0.4) is 0 Å². The molecule has 28 heavy (non-hydrogen) atoms. The van der Waals surface area contributed by atoms with Crippen LogP contribution < -0.4 is 5.32 Å². The molecule has 2 aromatic heterocycles. The van der Waals surface area contributed by atoms with Gasteiger partial charge in [0.25, 0.3) is 0 Å². The molecule has 0 spiro atoms. The SMILES string of the molecule is O=C(CN(Cc1ccco1)S(=O)(=O)/C=C/c1ccccc1)NCc1cccs1. The summed E-state index contributed by atoms with van der Waals surface area (Å²) in [5.41, 5.74) is 0.756. The van der Waals surface area contributed by atoms with E-state index in [0.717, 1.165) is 20.2 Å². The third-order valence-corrected chi connectivity index (χ3v) is 6.20. The summed E-state index contributed by atoms with van der Waals surface area (Å²) < 4.78 is 32.0. The normalized spacial score (nSPS) is 11.9. The highest BCUT2D eigenvalue weighted by atomic mass is 32.2. The number of thiophene rings is 1. The maximum Gasteiger partial charge on any atom is 0.237 e. The molecule has 0 aliphatic heterocycles. The van der Waals surface area contributed by atoms with Crippen LogP contribution in [0.25, 0.3) is 6.08 Å². The predicted octanol–water partition coefficient (Wildman–Crippen LogP) is 3.46. The zero-order valence-corrected chi connectivity index (χ0v) is 16.7. The monoisotopic (exact) mass is 416 g/mol. The zero-order valence-electron chi connectivity index (χ0n) is 15.0. The molecule has 0 atom stereocenters. The van der Waals surface area contributed by atoms with Gasteiger partial charge in [0.15, 0.2) is 0 Å². The van der Waals surface area contributed by atoms with Crippen molar-refractivity contribution in [2.45, 2.75) is 13.1 Å². The number of benzene rings is 1. The van der Waals surface area contributed by atoms with Gasteiger partial charge in [0.1, 0.15) is 5.76 Å². The van der Waals surface area contributed by atoms with E-state index in [0.29, 0.717) is 12.3 Å². The molecule has 0 fully saturated rings. The van der Waals surface area contributed by atoms with Gasteiger partial charge >= 0.3 is 0 Å². The summed E-state index contributed by atoms with van der Waals surface area (Å²) in [6.07, 6.45) is 2.98. The third kappa shape index (κ3) is 5.91. The Kier molecular flexibility index (Phi) is 6.80. The Hall–Kier alpha value is -2.68. The summed E-state index contributed by atoms with van der Waals surface area (Å²) >= 11 is 1.53. The lowest BCUT2D eigenvalue weighted by molar-refractivity contribution is -0.121. The van der Waals surface area contributed by atoms with Gasteiger partial charge in [0.2, 0.25) is 15.9 Å². The minimum absolute atomic E-state index is 0.0269. The van der Waals surface area contributed by atoms with E-state index in [1.807, 2.05) is 35.7 Å². The van der Waals surface area contributed by atoms with Crippen LogP contribution in [0.5, 0.6) is 0 Å². The number of amides is 1. The number of hydrogen-bond donors (Lipinski definition) is 1. The van der Waals surface area contributed by atoms with Crippen LogP contribution in [0.2, 0.25) is 0 Å². The fraction of sp³-hybridized carbons (Fsp3) is 0.150. The van der Waals surface area contributed by atoms with Gasteiger partial charge in [-0.3, -0.25) is 4.79 Å². The van der Waals surface area contributed by atoms with E-state index in [4.69, 9.17) is 4.42 Å². The third-order valence-electron chi connectivity index (χ3n) is 3.86. The molecule has 2 heterocycles. The van der Waals surface area contributed by atoms with E-state index >= 15 is 0 Å². The first-order valence-corrected chi connectivity index (χ1v) is 11.0. The highest BCUT2D eigenvalue weighted by molar-refractivity contribution is 7.92. The highest BCUT2D eigenvalue weighted by Crippen LogP contribution is 2.14. The first-order chi connectivity index (χ1) is 13.5. The van der Waals surface area contributed by atoms with Crippen LogP contribution in [-0.2, 0) is 27.9 Å². The minimum Gasteiger partial charge on any atom is -0.468 e. The Morgan fingerprint density at radius 2 is 1.93 bits per heavy atom. The molecule has 0 bridgehead atoms. The first kappa shape index (κ1) is 20.1. The van der Waals surface area contributed by atoms with E-state index in [9.17, 15) is 13.2 Å². The Morgan fingerprint density at radius 3 is 2.61 bits per heavy atom. The summed E-state index contributed by atoms with van der Waals surface area (Å²) in [7, 11) is -3.83. The summed E-state index contributed by atoms with van der Waals surface area (Å²) in [5.74, 6) is 0.0828. The second-order valence-electron chi connectivity index (χ2n) is 5.96. The molecule has 8 heteroatoms. The Morgan fingerprint density at radius 1 is 1.11 bits per heavy atom. The molecule has 146 valence electrons. The van der Waals surface area contributed by atoms with Crippen molar-refractivity contribution in [2.75, 3.05) is 6.54 Å². The van der Waals surface area contributed by atoms with Crippen LogP contribution in [0.1, 0.15) is 16.2 Å². The molecule has 0 aliphatic rings. The lowest BCUT2D eigenvalue weighted by Crippen LogP contribution is -2.39. The number of nitrogens with zero attached hydrogens (tertiary/aromatic N) is 1. The average molecular weight is 417 g/mol. The van der Waals surface area contributed by atoms with E-state index in [1.54, 1.807) is 24.3 Å². The van der Waals surface area contributed by atoms with Crippen molar-refractivity contribution in [1.29, 1.82) is 0 Å². The average Bonchev–Trinajstić information content (AvgIpc) is 3.39. The molecule has 0 saturated heterocycles. The van der Waals surface area contributed by atoms with E-state index in [1.165, 1.54) is 23.7 Å². The largest absolute Gasteiger partial charge is 0.468 e. The lowest BCUT2D eigenvalue weighted by Gasteiger charge is -2.18. The molecular formula is C20H20N2O4S2. The lowest BCUT2D eigenvalue weighted by atomic mass is 10.2. The summed E-state index contributed by atoms with van der Waals surface area (Å²) in [6.45, 7) is 0.0411. The fourth-order valence-electron chi connectivity index (χ4n) is 2.44. The molecule has 6 nitrogen and oxygen atoms in total. The van der Waals surface area contributed by atoms with Crippen LogP contribution in [0.15, 0.2) is 76.1 Å². The summed E-state index contributed by atoms with van der Waals surface area (Å²) in [5, 5.41) is 5.78. The minimum atomic E-state index is -3.83. The number of hydrogen-bond acceptors (Lipinski definition) is 5. The van der Waals surface area contributed by atoms with E-state index in [-0.39, 0.29) is 19.0 Å². The molecule has 3 aromatic rings. The quantitative estimate of drug-likeness (QED) is 0.579. The number of furan rings is 1. The Labute approximate surface area is 168 Å². The van der Waals surface area contributed by atoms with Gasteiger partial charge in [-0.05, 0) is 35.2 Å². The number of carbonyl (C=O) groups excluding carboxylic acids is 1. The maximum atomic E-state index is 12.8. The van der Waals surface area contributed by atoms with Crippen molar-refractivity contribution >= 4 is 33.3 Å². The molecule has 0 aliphatic carbocycles. The fourth-order valence-corrected chi connectivity index (χ4v) is 4.19. The Balaban J connectivity index is 1.71. The van der Waals surface area contributed by atoms with Crippen molar-refractivity contribution in [2.24, 2.45) is 0 Å². The van der Waals surface area contributed by atoms with Crippen LogP contribution in [-0.4, -0.2) is 25.2 Å². The summed E-state index contributed by atoms with van der Waals surface area (Å²) in [6, 6.07) is 16.3. The topological polar surface area (TPSA) is 79.6 Å². The Bertz CT molecular complexity index is 996. The van der Waals surface area contributed by atoms with Gasteiger partial charge in [-0.2, -0.15) is 4.31 Å². The number of sulfonamides is 1. The van der Waals surface area contributed by atoms with Gasteiger partial charge < -0.3 is 9.73 Å². The van der Waals surface area contributed by atoms with Crippen molar-refractivity contribution in [3.8, 4) is 0 Å². The van der Waals surface area contributed by atoms with Crippen LogP contribution in [0.4, 0.5) is 0 Å². The van der Waals surface area contributed by atoms with Gasteiger partial charge in [0, 0.05) is 10.3 Å². The molecule has 1 N–H and O–H groups in total. The molecule has 0 unspecified atom stereocenters. The van der Waals surface area contributed by atoms with Crippen LogP contribution in [0, 0.1) is 0 Å². The molecule has 0 saturated carbocycles. The van der Waals surface area contributed by atoms with E-state index in [2.05, 4.69) is 5.32 Å². The zero-order chi connectivity index (χ0) is 19.8. The number of nitrogens with one attached hydrogen (secondary N) is 1. The van der Waals surface area contributed by atoms with Crippen molar-refractivity contribution < 1.29 is 17.6 Å². The van der Waals surface area contributed by atoms with Gasteiger partial charge in [-0.15, -0.1) is 11.3 Å². The van der Waals surface area contributed by atoms with E-state index < -0.39 is 10.0 Å². The predicted molar refractivity (Wildman–Crippen MR) is 110 cm³/mol. The standard InChI is InChI=1S/C20H20N2O4S2/c23-20(21-14-19-9-5-12-27-19)16-22(15-18-8-4-11-26-18)28(24,25)13-10-17-6-2-1-3-7-17/h1-13H,14-16H2,(H,21,23)/b13-10+. The van der Waals surface area contributed by atoms with Crippen molar-refractivity contribution in [3.05, 3.63) is 87.8 Å². The highest BCUT2D eigenvalue weighted by Gasteiger charge is 2.23. The maximum absolute atomic E-state index is 12.8. The second-order valence-corrected chi connectivity index (χ2v) is 8.81. The molecular weight excluding hydrogens is 396 g/mol. The summed E-state index contributed by atoms with van der Waals surface area (Å²) in [4.78, 5) is 13.3. The second kappa shape index (κ2) is 9.50. The molecule has 1 aromatic carbocycles. The number of rotatable bonds is 9. The van der Waals surface area contributed by atoms with Crippen molar-refractivity contribution in [1.82, 2.24) is 9.62 Å². The van der Waals surface area contributed by atoms with Gasteiger partial charge in [-0.1, -0.05) is 36.4 Å². The molecule has 3 rings (SSSR count). The molecule has 0 radical (unpaired) electrons. The molecule has 1 amide bonds. The van der Waals surface area contributed by atoms with Gasteiger partial charge in [0.05, 0.1) is 25.9 Å². The number of carbonyl (C=O) groups is 1. The van der Waals surface area contributed by atoms with Crippen molar-refractivity contribution in [3.63, 3.8) is 0 Å². The first-order valence-electron chi connectivity index (χ1n) is 8.58. The van der Waals surface area contributed by atoms with Crippen LogP contribution >= 0.6 is 11.3 Å². The smallest absolute Gasteiger partial charge is 0.237 e. The van der Waals surface area contributed by atoms with Gasteiger partial charge in [-0.25, -0.2) is 8.42 Å².